The lowest BCUT2D eigenvalue weighted by Crippen LogP contribution is -2.33. The van der Waals surface area contributed by atoms with E-state index < -0.39 is 22.9 Å². The first-order valence-electron chi connectivity index (χ1n) is 5.77. The Hall–Kier alpha value is -2.76. The molecule has 0 atom stereocenters. The molecule has 0 unspecified atom stereocenters. The largest absolute Gasteiger partial charge is 0.333 e. The summed E-state index contributed by atoms with van der Waals surface area (Å²) in [6.45, 7) is 0. The molecule has 0 fully saturated rings. The summed E-state index contributed by atoms with van der Waals surface area (Å²) in [5.74, 6) is -1.16. The molecule has 1 heterocycles. The molecule has 0 saturated heterocycles. The van der Waals surface area contributed by atoms with E-state index in [0.717, 1.165) is 22.8 Å². The van der Waals surface area contributed by atoms with Crippen molar-refractivity contribution in [3.63, 3.8) is 0 Å². The average Bonchev–Trinajstić information content (AvgIpc) is 2.42. The number of para-hydroxylation sites is 1. The number of benzene rings is 2. The number of aromatic amines is 1. The Morgan fingerprint density at radius 3 is 2.35 bits per heavy atom. The van der Waals surface area contributed by atoms with E-state index in [-0.39, 0.29) is 16.6 Å². The van der Waals surface area contributed by atoms with Crippen LogP contribution in [0.3, 0.4) is 0 Å². The molecule has 0 amide bonds. The fraction of sp³-hybridized carbons (Fsp3) is 0. The smallest absolute Gasteiger partial charge is 0.304 e. The van der Waals surface area contributed by atoms with Crippen LogP contribution in [0, 0.1) is 11.6 Å². The van der Waals surface area contributed by atoms with Crippen molar-refractivity contribution in [1.29, 1.82) is 0 Å². The number of H-pyrrole nitrogens is 1. The predicted octanol–water partition coefficient (Wildman–Crippen LogP) is 1.96. The molecular formula is C14H8F2N2O2. The van der Waals surface area contributed by atoms with Gasteiger partial charge in [-0.1, -0.05) is 6.07 Å². The first kappa shape index (κ1) is 12.3. The average molecular weight is 274 g/mol. The van der Waals surface area contributed by atoms with Gasteiger partial charge in [-0.25, -0.2) is 18.1 Å². The predicted molar refractivity (Wildman–Crippen MR) is 70.1 cm³/mol. The third-order valence-electron chi connectivity index (χ3n) is 2.97. The molecule has 100 valence electrons. The van der Waals surface area contributed by atoms with E-state index in [9.17, 15) is 18.4 Å². The lowest BCUT2D eigenvalue weighted by atomic mass is 10.2. The summed E-state index contributed by atoms with van der Waals surface area (Å²) in [4.78, 5) is 26.5. The number of hydrogen-bond acceptors (Lipinski definition) is 2. The van der Waals surface area contributed by atoms with E-state index in [1.54, 1.807) is 0 Å². The number of aromatic nitrogens is 2. The standard InChI is InChI=1S/C14H8F2N2O2/c15-8-4-6-9(7-5-8)18-13(19)10-2-1-3-11(16)12(10)17-14(18)20/h1-7H,(H,17,20). The topological polar surface area (TPSA) is 54.9 Å². The zero-order valence-electron chi connectivity index (χ0n) is 10.1. The molecule has 3 aromatic rings. The summed E-state index contributed by atoms with van der Waals surface area (Å²) in [6, 6.07) is 8.82. The van der Waals surface area contributed by atoms with E-state index in [1.165, 1.54) is 24.3 Å². The number of nitrogens with zero attached hydrogens (tertiary/aromatic N) is 1. The van der Waals surface area contributed by atoms with Gasteiger partial charge in [-0.15, -0.1) is 0 Å². The molecule has 1 aromatic heterocycles. The Morgan fingerprint density at radius 1 is 0.950 bits per heavy atom. The summed E-state index contributed by atoms with van der Waals surface area (Å²) >= 11 is 0. The van der Waals surface area contributed by atoms with Crippen molar-refractivity contribution in [2.75, 3.05) is 0 Å². The van der Waals surface area contributed by atoms with Crippen LogP contribution in [0.4, 0.5) is 8.78 Å². The van der Waals surface area contributed by atoms with Crippen molar-refractivity contribution < 1.29 is 8.78 Å². The van der Waals surface area contributed by atoms with Gasteiger partial charge in [0.25, 0.3) is 5.56 Å². The molecule has 3 rings (SSSR count). The van der Waals surface area contributed by atoms with Crippen LogP contribution in [0.5, 0.6) is 0 Å². The van der Waals surface area contributed by atoms with Crippen molar-refractivity contribution in [3.8, 4) is 5.69 Å². The third-order valence-corrected chi connectivity index (χ3v) is 2.97. The molecule has 4 nitrogen and oxygen atoms in total. The Bertz CT molecular complexity index is 911. The minimum absolute atomic E-state index is 0.0499. The summed E-state index contributed by atoms with van der Waals surface area (Å²) in [5.41, 5.74) is -1.36. The fourth-order valence-electron chi connectivity index (χ4n) is 2.03. The first-order valence-corrected chi connectivity index (χ1v) is 5.77. The van der Waals surface area contributed by atoms with Crippen molar-refractivity contribution in [3.05, 3.63) is 74.9 Å². The maximum absolute atomic E-state index is 13.6. The Balaban J connectivity index is 2.41. The zero-order chi connectivity index (χ0) is 14.3. The van der Waals surface area contributed by atoms with E-state index in [1.807, 2.05) is 0 Å². The minimum atomic E-state index is -0.779. The quantitative estimate of drug-likeness (QED) is 0.737. The molecule has 0 spiro atoms. The van der Waals surface area contributed by atoms with Gasteiger partial charge in [0.1, 0.15) is 11.6 Å². The summed E-state index contributed by atoms with van der Waals surface area (Å²) in [5, 5.41) is 0.0499. The van der Waals surface area contributed by atoms with Gasteiger partial charge < -0.3 is 4.98 Å². The van der Waals surface area contributed by atoms with Crippen LogP contribution in [0.25, 0.3) is 16.6 Å². The second-order valence-electron chi connectivity index (χ2n) is 4.21. The lowest BCUT2D eigenvalue weighted by Gasteiger charge is -2.06. The zero-order valence-corrected chi connectivity index (χ0v) is 10.1. The van der Waals surface area contributed by atoms with Crippen LogP contribution < -0.4 is 11.2 Å². The van der Waals surface area contributed by atoms with Crippen LogP contribution in [0.1, 0.15) is 0 Å². The number of halogens is 2. The SMILES string of the molecule is O=c1[nH]c2c(F)cccc2c(=O)n1-c1ccc(F)cc1. The second-order valence-corrected chi connectivity index (χ2v) is 4.21. The molecule has 2 aromatic carbocycles. The molecule has 6 heteroatoms. The number of fused-ring (bicyclic) bond motifs is 1. The Kier molecular flexibility index (Phi) is 2.71. The molecule has 0 radical (unpaired) electrons. The van der Waals surface area contributed by atoms with Crippen LogP contribution in [-0.4, -0.2) is 9.55 Å². The molecule has 0 aliphatic rings. The van der Waals surface area contributed by atoms with Gasteiger partial charge in [-0.05, 0) is 36.4 Å². The maximum Gasteiger partial charge on any atom is 0.333 e. The van der Waals surface area contributed by atoms with Crippen LogP contribution in [0.15, 0.2) is 52.1 Å². The van der Waals surface area contributed by atoms with Gasteiger partial charge in [-0.2, -0.15) is 0 Å². The Labute approximate surface area is 110 Å². The minimum Gasteiger partial charge on any atom is -0.304 e. The normalized spacial score (nSPS) is 10.9. The molecule has 1 N–H and O–H groups in total. The molecule has 0 bridgehead atoms. The monoisotopic (exact) mass is 274 g/mol. The van der Waals surface area contributed by atoms with E-state index in [2.05, 4.69) is 4.98 Å². The molecular weight excluding hydrogens is 266 g/mol. The Morgan fingerprint density at radius 2 is 1.65 bits per heavy atom. The highest BCUT2D eigenvalue weighted by Crippen LogP contribution is 2.11. The van der Waals surface area contributed by atoms with Crippen molar-refractivity contribution in [1.82, 2.24) is 9.55 Å². The first-order chi connectivity index (χ1) is 9.58. The number of hydrogen-bond donors (Lipinski definition) is 1. The van der Waals surface area contributed by atoms with Crippen LogP contribution in [-0.2, 0) is 0 Å². The van der Waals surface area contributed by atoms with Crippen LogP contribution in [0.2, 0.25) is 0 Å². The highest BCUT2D eigenvalue weighted by Gasteiger charge is 2.11. The molecule has 20 heavy (non-hydrogen) atoms. The second kappa shape index (κ2) is 4.41. The number of rotatable bonds is 1. The van der Waals surface area contributed by atoms with Gasteiger partial charge in [0.15, 0.2) is 0 Å². The van der Waals surface area contributed by atoms with Gasteiger partial charge in [0.2, 0.25) is 0 Å². The maximum atomic E-state index is 13.6. The summed E-state index contributed by atoms with van der Waals surface area (Å²) in [7, 11) is 0. The van der Waals surface area contributed by atoms with E-state index in [0.29, 0.717) is 0 Å². The number of nitrogens with one attached hydrogen (secondary N) is 1. The van der Waals surface area contributed by atoms with Gasteiger partial charge >= 0.3 is 5.69 Å². The van der Waals surface area contributed by atoms with Crippen molar-refractivity contribution in [2.24, 2.45) is 0 Å². The van der Waals surface area contributed by atoms with Gasteiger partial charge in [-0.3, -0.25) is 4.79 Å². The lowest BCUT2D eigenvalue weighted by molar-refractivity contribution is 0.627. The van der Waals surface area contributed by atoms with E-state index >= 15 is 0 Å². The highest BCUT2D eigenvalue weighted by atomic mass is 19.1. The third kappa shape index (κ3) is 1.82. The molecule has 0 aliphatic heterocycles. The van der Waals surface area contributed by atoms with E-state index in [4.69, 9.17) is 0 Å². The van der Waals surface area contributed by atoms with Crippen LogP contribution >= 0.6 is 0 Å². The molecule has 0 aliphatic carbocycles. The van der Waals surface area contributed by atoms with Crippen molar-refractivity contribution in [2.45, 2.75) is 0 Å². The van der Waals surface area contributed by atoms with Crippen molar-refractivity contribution >= 4 is 10.9 Å². The van der Waals surface area contributed by atoms with Gasteiger partial charge in [0, 0.05) is 0 Å². The summed E-state index contributed by atoms with van der Waals surface area (Å²) in [6.07, 6.45) is 0. The summed E-state index contributed by atoms with van der Waals surface area (Å²) < 4.78 is 27.3. The fourth-order valence-corrected chi connectivity index (χ4v) is 2.03. The highest BCUT2D eigenvalue weighted by molar-refractivity contribution is 5.78. The molecule has 0 saturated carbocycles. The van der Waals surface area contributed by atoms with Gasteiger partial charge in [0.05, 0.1) is 16.6 Å².